The van der Waals surface area contributed by atoms with Crippen LogP contribution in [0.25, 0.3) is 0 Å². The van der Waals surface area contributed by atoms with Crippen molar-refractivity contribution < 1.29 is 4.42 Å². The largest absolute Gasteiger partial charge is 0.468 e. The highest BCUT2D eigenvalue weighted by atomic mass is 16.3. The molecule has 4 heteroatoms. The summed E-state index contributed by atoms with van der Waals surface area (Å²) in [5.41, 5.74) is 0. The van der Waals surface area contributed by atoms with Crippen molar-refractivity contribution in [3.05, 3.63) is 42.9 Å². The van der Waals surface area contributed by atoms with Gasteiger partial charge in [-0.1, -0.05) is 6.92 Å². The average molecular weight is 273 g/mol. The molecule has 20 heavy (non-hydrogen) atoms. The summed E-state index contributed by atoms with van der Waals surface area (Å²) >= 11 is 0. The average Bonchev–Trinajstić information content (AvgIpc) is 3.12. The molecule has 2 aromatic rings. The predicted molar refractivity (Wildman–Crippen MR) is 78.3 cm³/mol. The van der Waals surface area contributed by atoms with Crippen LogP contribution < -0.4 is 0 Å². The number of hydrogen-bond donors (Lipinski definition) is 0. The Hall–Kier alpha value is -1.55. The minimum absolute atomic E-state index is 0.455. The molecule has 3 heterocycles. The molecule has 0 aromatic carbocycles. The predicted octanol–water partition coefficient (Wildman–Crippen LogP) is 3.34. The summed E-state index contributed by atoms with van der Waals surface area (Å²) in [6.45, 7) is 5.68. The van der Waals surface area contributed by atoms with Gasteiger partial charge in [0.1, 0.15) is 5.76 Å². The molecular weight excluding hydrogens is 250 g/mol. The fraction of sp³-hybridized carbons (Fsp3) is 0.562. The van der Waals surface area contributed by atoms with Crippen molar-refractivity contribution in [1.29, 1.82) is 0 Å². The van der Waals surface area contributed by atoms with Crippen molar-refractivity contribution in [2.75, 3.05) is 13.1 Å². The summed E-state index contributed by atoms with van der Waals surface area (Å²) < 4.78 is 7.79. The van der Waals surface area contributed by atoms with Crippen LogP contribution in [-0.2, 0) is 6.54 Å². The van der Waals surface area contributed by atoms with Crippen molar-refractivity contribution >= 4 is 0 Å². The summed E-state index contributed by atoms with van der Waals surface area (Å²) in [6, 6.07) is 4.57. The van der Waals surface area contributed by atoms with Crippen LogP contribution in [0.15, 0.2) is 41.5 Å². The molecule has 0 amide bonds. The Morgan fingerprint density at radius 1 is 1.40 bits per heavy atom. The first-order chi connectivity index (χ1) is 9.83. The molecule has 0 saturated carbocycles. The van der Waals surface area contributed by atoms with Gasteiger partial charge in [0.15, 0.2) is 0 Å². The molecule has 1 aliphatic heterocycles. The van der Waals surface area contributed by atoms with Gasteiger partial charge in [-0.15, -0.1) is 0 Å². The van der Waals surface area contributed by atoms with E-state index >= 15 is 0 Å². The Bertz CT molecular complexity index is 492. The molecule has 0 unspecified atom stereocenters. The van der Waals surface area contributed by atoms with E-state index in [2.05, 4.69) is 27.4 Å². The van der Waals surface area contributed by atoms with Crippen LogP contribution in [0.5, 0.6) is 0 Å². The van der Waals surface area contributed by atoms with Gasteiger partial charge in [-0.05, 0) is 43.9 Å². The molecule has 0 spiro atoms. The van der Waals surface area contributed by atoms with Gasteiger partial charge >= 0.3 is 0 Å². The lowest BCUT2D eigenvalue weighted by molar-refractivity contribution is 0.0991. The van der Waals surface area contributed by atoms with Crippen LogP contribution >= 0.6 is 0 Å². The Balaban J connectivity index is 1.58. The van der Waals surface area contributed by atoms with Gasteiger partial charge in [-0.25, -0.2) is 4.98 Å². The van der Waals surface area contributed by atoms with Crippen LogP contribution in [0.3, 0.4) is 0 Å². The zero-order valence-corrected chi connectivity index (χ0v) is 12.1. The first-order valence-corrected chi connectivity index (χ1v) is 7.56. The molecule has 108 valence electrons. The van der Waals surface area contributed by atoms with E-state index in [9.17, 15) is 0 Å². The highest BCUT2D eigenvalue weighted by Gasteiger charge is 2.28. The van der Waals surface area contributed by atoms with E-state index in [1.54, 1.807) is 6.26 Å². The maximum Gasteiger partial charge on any atom is 0.120 e. The molecule has 2 atom stereocenters. The van der Waals surface area contributed by atoms with Gasteiger partial charge in [0.25, 0.3) is 0 Å². The monoisotopic (exact) mass is 273 g/mol. The van der Waals surface area contributed by atoms with Crippen LogP contribution in [0.2, 0.25) is 0 Å². The van der Waals surface area contributed by atoms with E-state index in [1.165, 1.54) is 19.4 Å². The van der Waals surface area contributed by atoms with Gasteiger partial charge < -0.3 is 8.98 Å². The van der Waals surface area contributed by atoms with Gasteiger partial charge in [0, 0.05) is 25.5 Å². The molecule has 1 fully saturated rings. The molecular formula is C16H23N3O. The third kappa shape index (κ3) is 3.12. The Labute approximate surface area is 120 Å². The number of rotatable bonds is 5. The Morgan fingerprint density at radius 3 is 3.10 bits per heavy atom. The number of aryl methyl sites for hydroxylation is 1. The lowest BCUT2D eigenvalue weighted by Crippen LogP contribution is -2.37. The Morgan fingerprint density at radius 2 is 2.35 bits per heavy atom. The normalized spacial score (nSPS) is 24.1. The topological polar surface area (TPSA) is 34.2 Å². The fourth-order valence-corrected chi connectivity index (χ4v) is 3.11. The lowest BCUT2D eigenvalue weighted by atomic mass is 9.91. The van der Waals surface area contributed by atoms with Crippen LogP contribution in [0.4, 0.5) is 0 Å². The van der Waals surface area contributed by atoms with E-state index in [4.69, 9.17) is 4.42 Å². The summed E-state index contributed by atoms with van der Waals surface area (Å²) in [5.74, 6) is 1.91. The van der Waals surface area contributed by atoms with Crippen molar-refractivity contribution in [2.45, 2.75) is 38.8 Å². The van der Waals surface area contributed by atoms with Crippen LogP contribution in [0, 0.1) is 5.92 Å². The number of imidazole rings is 1. The van der Waals surface area contributed by atoms with Crippen molar-refractivity contribution in [3.8, 4) is 0 Å². The maximum absolute atomic E-state index is 5.65. The van der Waals surface area contributed by atoms with Crippen molar-refractivity contribution in [2.24, 2.45) is 5.92 Å². The molecule has 2 aromatic heterocycles. The quantitative estimate of drug-likeness (QED) is 0.838. The van der Waals surface area contributed by atoms with Crippen LogP contribution in [-0.4, -0.2) is 27.5 Å². The summed E-state index contributed by atoms with van der Waals surface area (Å²) in [4.78, 5) is 6.67. The first kappa shape index (κ1) is 13.4. The zero-order chi connectivity index (χ0) is 13.8. The molecule has 4 nitrogen and oxygen atoms in total. The lowest BCUT2D eigenvalue weighted by Gasteiger charge is -2.37. The molecule has 0 radical (unpaired) electrons. The number of hydrogen-bond acceptors (Lipinski definition) is 3. The van der Waals surface area contributed by atoms with Gasteiger partial charge in [-0.2, -0.15) is 0 Å². The number of aromatic nitrogens is 2. The molecule has 1 aliphatic rings. The van der Waals surface area contributed by atoms with Crippen molar-refractivity contribution in [3.63, 3.8) is 0 Å². The Kier molecular flexibility index (Phi) is 4.21. The zero-order valence-electron chi connectivity index (χ0n) is 12.1. The number of nitrogens with zero attached hydrogens (tertiary/aromatic N) is 3. The third-order valence-electron chi connectivity index (χ3n) is 4.27. The summed E-state index contributed by atoms with van der Waals surface area (Å²) in [6.07, 6.45) is 11.2. The smallest absolute Gasteiger partial charge is 0.120 e. The molecule has 0 aliphatic carbocycles. The van der Waals surface area contributed by atoms with Gasteiger partial charge in [-0.3, -0.25) is 4.90 Å². The SMILES string of the molecule is C[C@H]1CCN(CCCn2ccnc2)[C@@H](c2ccco2)C1. The number of likely N-dealkylation sites (tertiary alicyclic amines) is 1. The number of piperidine rings is 1. The minimum atomic E-state index is 0.455. The molecule has 0 N–H and O–H groups in total. The molecule has 0 bridgehead atoms. The highest BCUT2D eigenvalue weighted by Crippen LogP contribution is 2.34. The van der Waals surface area contributed by atoms with Crippen molar-refractivity contribution in [1.82, 2.24) is 14.5 Å². The minimum Gasteiger partial charge on any atom is -0.468 e. The maximum atomic E-state index is 5.65. The molecule has 3 rings (SSSR count). The standard InChI is InChI=1S/C16H23N3O/c1-14-5-9-19(8-3-7-18-10-6-17-13-18)15(12-14)16-4-2-11-20-16/h2,4,6,10-11,13-15H,3,5,7-9,12H2,1H3/t14-,15+/m0/s1. The van der Waals surface area contributed by atoms with Gasteiger partial charge in [0.2, 0.25) is 0 Å². The van der Waals surface area contributed by atoms with E-state index < -0.39 is 0 Å². The first-order valence-electron chi connectivity index (χ1n) is 7.56. The summed E-state index contributed by atoms with van der Waals surface area (Å²) in [5, 5.41) is 0. The second kappa shape index (κ2) is 6.27. The van der Waals surface area contributed by atoms with Crippen LogP contribution in [0.1, 0.15) is 38.0 Å². The fourth-order valence-electron chi connectivity index (χ4n) is 3.11. The summed E-state index contributed by atoms with van der Waals surface area (Å²) in [7, 11) is 0. The third-order valence-corrected chi connectivity index (χ3v) is 4.27. The number of furan rings is 1. The van der Waals surface area contributed by atoms with E-state index in [-0.39, 0.29) is 0 Å². The van der Waals surface area contributed by atoms with Gasteiger partial charge in [0.05, 0.1) is 18.6 Å². The highest BCUT2D eigenvalue weighted by molar-refractivity contribution is 5.06. The van der Waals surface area contributed by atoms with E-state index in [1.807, 2.05) is 24.8 Å². The second-order valence-electron chi connectivity index (χ2n) is 5.85. The van der Waals surface area contributed by atoms with E-state index in [0.29, 0.717) is 6.04 Å². The molecule has 1 saturated heterocycles. The second-order valence-corrected chi connectivity index (χ2v) is 5.85. The van der Waals surface area contributed by atoms with E-state index in [0.717, 1.165) is 31.2 Å².